The van der Waals surface area contributed by atoms with Crippen LogP contribution in [0.25, 0.3) is 11.0 Å². The van der Waals surface area contributed by atoms with Gasteiger partial charge in [-0.1, -0.05) is 18.2 Å². The number of nitrogens with zero attached hydrogens (tertiary/aromatic N) is 1. The highest BCUT2D eigenvalue weighted by atomic mass is 16.3. The zero-order valence-electron chi connectivity index (χ0n) is 11.4. The lowest BCUT2D eigenvalue weighted by Gasteiger charge is -2.13. The van der Waals surface area contributed by atoms with Crippen molar-refractivity contribution in [1.82, 2.24) is 10.2 Å². The molecule has 1 aromatic heterocycles. The summed E-state index contributed by atoms with van der Waals surface area (Å²) in [6.07, 6.45) is 3.99. The molecule has 3 rings (SSSR count). The Kier molecular flexibility index (Phi) is 4.16. The van der Waals surface area contributed by atoms with E-state index in [4.69, 9.17) is 4.42 Å². The van der Waals surface area contributed by atoms with E-state index >= 15 is 0 Å². The van der Waals surface area contributed by atoms with E-state index in [0.717, 1.165) is 24.4 Å². The fourth-order valence-corrected chi connectivity index (χ4v) is 2.77. The fourth-order valence-electron chi connectivity index (χ4n) is 2.77. The summed E-state index contributed by atoms with van der Waals surface area (Å²) in [7, 11) is 0. The molecule has 1 aromatic carbocycles. The minimum atomic E-state index is 0.828. The summed E-state index contributed by atoms with van der Waals surface area (Å²) in [6.45, 7) is 5.71. The first kappa shape index (κ1) is 12.7. The number of hydrogen-bond acceptors (Lipinski definition) is 3. The minimum Gasteiger partial charge on any atom is -0.460 e. The molecule has 0 spiro atoms. The van der Waals surface area contributed by atoms with E-state index in [1.54, 1.807) is 0 Å². The maximum Gasteiger partial charge on any atom is 0.134 e. The van der Waals surface area contributed by atoms with Gasteiger partial charge >= 0.3 is 0 Å². The van der Waals surface area contributed by atoms with Crippen LogP contribution in [0.4, 0.5) is 0 Å². The zero-order chi connectivity index (χ0) is 12.9. The highest BCUT2D eigenvalue weighted by molar-refractivity contribution is 5.77. The number of rotatable bonds is 6. The molecule has 19 heavy (non-hydrogen) atoms. The number of hydrogen-bond donors (Lipinski definition) is 1. The van der Waals surface area contributed by atoms with Gasteiger partial charge in [-0.25, -0.2) is 0 Å². The summed E-state index contributed by atoms with van der Waals surface area (Å²) in [5.74, 6) is 1.03. The molecule has 0 aliphatic carbocycles. The van der Waals surface area contributed by atoms with Crippen LogP contribution in [0, 0.1) is 0 Å². The normalized spacial score (nSPS) is 16.4. The van der Waals surface area contributed by atoms with Crippen molar-refractivity contribution in [1.29, 1.82) is 0 Å². The minimum absolute atomic E-state index is 0.828. The highest BCUT2D eigenvalue weighted by Crippen LogP contribution is 2.18. The van der Waals surface area contributed by atoms with E-state index in [2.05, 4.69) is 22.3 Å². The molecule has 2 aromatic rings. The number of furan rings is 1. The van der Waals surface area contributed by atoms with Crippen LogP contribution in [0.15, 0.2) is 34.7 Å². The fraction of sp³-hybridized carbons (Fsp3) is 0.500. The van der Waals surface area contributed by atoms with E-state index < -0.39 is 0 Å². The third kappa shape index (κ3) is 3.37. The summed E-state index contributed by atoms with van der Waals surface area (Å²) in [6, 6.07) is 10.3. The second-order valence-electron chi connectivity index (χ2n) is 5.33. The van der Waals surface area contributed by atoms with Crippen LogP contribution < -0.4 is 5.32 Å². The van der Waals surface area contributed by atoms with Gasteiger partial charge in [-0.3, -0.25) is 0 Å². The molecule has 102 valence electrons. The molecule has 0 atom stereocenters. The first-order valence-corrected chi connectivity index (χ1v) is 7.32. The van der Waals surface area contributed by atoms with Gasteiger partial charge in [0.25, 0.3) is 0 Å². The molecule has 0 unspecified atom stereocenters. The third-order valence-corrected chi connectivity index (χ3v) is 3.80. The summed E-state index contributed by atoms with van der Waals surface area (Å²) < 4.78 is 5.78. The molecule has 0 saturated carbocycles. The van der Waals surface area contributed by atoms with Gasteiger partial charge in [0, 0.05) is 5.39 Å². The Bertz CT molecular complexity index is 481. The predicted molar refractivity (Wildman–Crippen MR) is 78.2 cm³/mol. The molecule has 1 aliphatic heterocycles. The summed E-state index contributed by atoms with van der Waals surface area (Å²) in [4.78, 5) is 2.56. The molecule has 3 heteroatoms. The third-order valence-electron chi connectivity index (χ3n) is 3.80. The number of benzene rings is 1. The van der Waals surface area contributed by atoms with E-state index in [0.29, 0.717) is 0 Å². The van der Waals surface area contributed by atoms with Gasteiger partial charge in [0.2, 0.25) is 0 Å². The first-order valence-electron chi connectivity index (χ1n) is 7.32. The SMILES string of the molecule is c1ccc2oc(CNCCCN3CCCC3)cc2c1. The topological polar surface area (TPSA) is 28.4 Å². The van der Waals surface area contributed by atoms with Crippen LogP contribution in [0.3, 0.4) is 0 Å². The molecule has 0 radical (unpaired) electrons. The van der Waals surface area contributed by atoms with Crippen molar-refractivity contribution in [2.24, 2.45) is 0 Å². The highest BCUT2D eigenvalue weighted by Gasteiger charge is 2.10. The van der Waals surface area contributed by atoms with Gasteiger partial charge in [-0.15, -0.1) is 0 Å². The van der Waals surface area contributed by atoms with Crippen LogP contribution in [0.2, 0.25) is 0 Å². The van der Waals surface area contributed by atoms with Crippen molar-refractivity contribution in [3.63, 3.8) is 0 Å². The maximum atomic E-state index is 5.78. The lowest BCUT2D eigenvalue weighted by Crippen LogP contribution is -2.24. The molecule has 1 N–H and O–H groups in total. The Morgan fingerprint density at radius 1 is 1.16 bits per heavy atom. The van der Waals surface area contributed by atoms with Crippen molar-refractivity contribution >= 4 is 11.0 Å². The van der Waals surface area contributed by atoms with Crippen molar-refractivity contribution in [3.05, 3.63) is 36.1 Å². The second kappa shape index (κ2) is 6.22. The van der Waals surface area contributed by atoms with Crippen molar-refractivity contribution in [2.45, 2.75) is 25.8 Å². The summed E-state index contributed by atoms with van der Waals surface area (Å²) in [5, 5.41) is 4.66. The van der Waals surface area contributed by atoms with Crippen LogP contribution in [0.5, 0.6) is 0 Å². The molecular weight excluding hydrogens is 236 g/mol. The maximum absolute atomic E-state index is 5.78. The van der Waals surface area contributed by atoms with Crippen molar-refractivity contribution in [2.75, 3.05) is 26.2 Å². The Morgan fingerprint density at radius 2 is 2.00 bits per heavy atom. The average molecular weight is 258 g/mol. The largest absolute Gasteiger partial charge is 0.460 e. The van der Waals surface area contributed by atoms with Crippen LogP contribution >= 0.6 is 0 Å². The van der Waals surface area contributed by atoms with E-state index in [1.165, 1.54) is 44.3 Å². The Labute approximate surface area is 114 Å². The molecule has 1 saturated heterocycles. The molecule has 3 nitrogen and oxygen atoms in total. The van der Waals surface area contributed by atoms with E-state index in [1.807, 2.05) is 18.2 Å². The number of likely N-dealkylation sites (tertiary alicyclic amines) is 1. The van der Waals surface area contributed by atoms with E-state index in [9.17, 15) is 0 Å². The molecular formula is C16H22N2O. The van der Waals surface area contributed by atoms with Gasteiger partial charge in [0.1, 0.15) is 11.3 Å². The van der Waals surface area contributed by atoms with Gasteiger partial charge in [0.05, 0.1) is 6.54 Å². The lowest BCUT2D eigenvalue weighted by molar-refractivity contribution is 0.330. The quantitative estimate of drug-likeness (QED) is 0.807. The number of para-hydroxylation sites is 1. The Hall–Kier alpha value is -1.32. The van der Waals surface area contributed by atoms with Gasteiger partial charge in [0.15, 0.2) is 0 Å². The summed E-state index contributed by atoms with van der Waals surface area (Å²) >= 11 is 0. The van der Waals surface area contributed by atoms with Crippen molar-refractivity contribution in [3.8, 4) is 0 Å². The number of fused-ring (bicyclic) bond motifs is 1. The Balaban J connectivity index is 1.39. The van der Waals surface area contributed by atoms with Crippen molar-refractivity contribution < 1.29 is 4.42 Å². The van der Waals surface area contributed by atoms with Gasteiger partial charge in [-0.2, -0.15) is 0 Å². The molecule has 1 aliphatic rings. The summed E-state index contributed by atoms with van der Waals surface area (Å²) in [5.41, 5.74) is 0.983. The monoisotopic (exact) mass is 258 g/mol. The average Bonchev–Trinajstić information content (AvgIpc) is 3.06. The van der Waals surface area contributed by atoms with Crippen LogP contribution in [-0.4, -0.2) is 31.1 Å². The molecule has 2 heterocycles. The Morgan fingerprint density at radius 3 is 2.84 bits per heavy atom. The van der Waals surface area contributed by atoms with Crippen LogP contribution in [0.1, 0.15) is 25.0 Å². The van der Waals surface area contributed by atoms with E-state index in [-0.39, 0.29) is 0 Å². The number of nitrogens with one attached hydrogen (secondary N) is 1. The lowest BCUT2D eigenvalue weighted by atomic mass is 10.2. The molecule has 1 fully saturated rings. The second-order valence-corrected chi connectivity index (χ2v) is 5.33. The molecule has 0 bridgehead atoms. The van der Waals surface area contributed by atoms with Gasteiger partial charge < -0.3 is 14.6 Å². The standard InChI is InChI=1S/C16H22N2O/c1-2-7-16-14(6-1)12-15(19-16)13-17-8-5-11-18-9-3-4-10-18/h1-2,6-7,12,17H,3-5,8-11,13H2. The predicted octanol–water partition coefficient (Wildman–Crippen LogP) is 3.01. The smallest absolute Gasteiger partial charge is 0.134 e. The van der Waals surface area contributed by atoms with Gasteiger partial charge in [-0.05, 0) is 57.6 Å². The van der Waals surface area contributed by atoms with Crippen LogP contribution in [-0.2, 0) is 6.54 Å². The zero-order valence-corrected chi connectivity index (χ0v) is 11.4. The molecule has 0 amide bonds. The first-order chi connectivity index (χ1) is 9.42.